The highest BCUT2D eigenvalue weighted by atomic mass is 16.6. The number of aryl methyl sites for hydroxylation is 1. The predicted octanol–water partition coefficient (Wildman–Crippen LogP) is 2.74. The second kappa shape index (κ2) is 11.0. The average molecular weight is 466 g/mol. The lowest BCUT2D eigenvalue weighted by atomic mass is 9.94. The average Bonchev–Trinajstić information content (AvgIpc) is 3.48. The molecule has 1 aromatic carbocycles. The molecular formula is C23H31N9O2. The number of amides is 1. The van der Waals surface area contributed by atoms with Crippen molar-refractivity contribution in [1.82, 2.24) is 35.6 Å². The highest BCUT2D eigenvalue weighted by Gasteiger charge is 2.27. The van der Waals surface area contributed by atoms with Gasteiger partial charge in [-0.05, 0) is 55.5 Å². The summed E-state index contributed by atoms with van der Waals surface area (Å²) in [6.45, 7) is 2.34. The molecule has 0 unspecified atom stereocenters. The van der Waals surface area contributed by atoms with Gasteiger partial charge in [0.2, 0.25) is 11.6 Å². The van der Waals surface area contributed by atoms with E-state index < -0.39 is 5.91 Å². The lowest BCUT2D eigenvalue weighted by Crippen LogP contribution is -2.34. The number of hydrazone groups is 1. The van der Waals surface area contributed by atoms with E-state index in [1.165, 1.54) is 29.5 Å². The molecule has 0 atom stereocenters. The number of carbonyl (C=O) groups excluding carboxylic acids is 1. The lowest BCUT2D eigenvalue weighted by Gasteiger charge is -2.31. The fourth-order valence-corrected chi connectivity index (χ4v) is 4.24. The van der Waals surface area contributed by atoms with Gasteiger partial charge in [0, 0.05) is 18.3 Å². The van der Waals surface area contributed by atoms with Crippen molar-refractivity contribution in [1.29, 1.82) is 0 Å². The Hall–Kier alpha value is -3.60. The maximum Gasteiger partial charge on any atom is 0.293 e. The number of nitrogens with two attached hydrogens (primary N) is 1. The molecule has 1 amide bonds. The number of anilines is 1. The molecule has 1 saturated carbocycles. The summed E-state index contributed by atoms with van der Waals surface area (Å²) in [6, 6.07) is 10.6. The number of nitrogens with zero attached hydrogens (tertiary/aromatic N) is 7. The minimum atomic E-state index is -0.438. The summed E-state index contributed by atoms with van der Waals surface area (Å²) >= 11 is 0. The van der Waals surface area contributed by atoms with Crippen molar-refractivity contribution in [2.45, 2.75) is 64.5 Å². The van der Waals surface area contributed by atoms with E-state index in [0.29, 0.717) is 18.3 Å². The van der Waals surface area contributed by atoms with Crippen LogP contribution in [0.4, 0.5) is 5.82 Å². The maximum absolute atomic E-state index is 13.0. The van der Waals surface area contributed by atoms with Crippen LogP contribution < -0.4 is 11.2 Å². The first-order chi connectivity index (χ1) is 16.5. The summed E-state index contributed by atoms with van der Waals surface area (Å²) in [5.74, 6) is -0.151. The fraction of sp³-hybridized carbons (Fsp3) is 0.478. The number of nitrogens with one attached hydrogen (secondary N) is 1. The standard InChI is InChI=1S/C23H31N9O2/c1-16(13-14-17-9-5-3-6-10-17)25-27-23(33)20-19(15-31(2)18-11-7-4-8-12-18)32(30-26-20)22-21(24)28-34-29-22/h3,5-6,9-10,18H,4,7-8,11-15H2,1-2H3,(H2,24,28)(H,27,33)/b25-16-. The van der Waals surface area contributed by atoms with Crippen molar-refractivity contribution in [3.05, 3.63) is 47.3 Å². The van der Waals surface area contributed by atoms with Crippen LogP contribution in [0.25, 0.3) is 5.82 Å². The molecule has 3 aromatic rings. The second-order valence-corrected chi connectivity index (χ2v) is 8.75. The smallest absolute Gasteiger partial charge is 0.293 e. The van der Waals surface area contributed by atoms with Crippen LogP contribution in [0.2, 0.25) is 0 Å². The normalized spacial score (nSPS) is 15.1. The Kier molecular flexibility index (Phi) is 7.63. The number of hydrogen-bond acceptors (Lipinski definition) is 9. The molecule has 11 nitrogen and oxygen atoms in total. The summed E-state index contributed by atoms with van der Waals surface area (Å²) in [7, 11) is 2.05. The maximum atomic E-state index is 13.0. The Morgan fingerprint density at radius 2 is 2.00 bits per heavy atom. The van der Waals surface area contributed by atoms with E-state index >= 15 is 0 Å². The van der Waals surface area contributed by atoms with Crippen LogP contribution in [-0.4, -0.2) is 54.9 Å². The summed E-state index contributed by atoms with van der Waals surface area (Å²) in [5.41, 5.74) is 11.3. The summed E-state index contributed by atoms with van der Waals surface area (Å²) in [6.07, 6.45) is 7.50. The van der Waals surface area contributed by atoms with Gasteiger partial charge in [0.1, 0.15) is 0 Å². The third-order valence-corrected chi connectivity index (χ3v) is 6.24. The molecule has 0 aliphatic heterocycles. The predicted molar refractivity (Wildman–Crippen MR) is 127 cm³/mol. The van der Waals surface area contributed by atoms with Gasteiger partial charge in [-0.2, -0.15) is 9.78 Å². The zero-order valence-corrected chi connectivity index (χ0v) is 19.6. The molecule has 34 heavy (non-hydrogen) atoms. The van der Waals surface area contributed by atoms with E-state index in [-0.39, 0.29) is 17.3 Å². The minimum absolute atomic E-state index is 0.0770. The van der Waals surface area contributed by atoms with Crippen molar-refractivity contribution < 1.29 is 9.42 Å². The molecule has 11 heteroatoms. The van der Waals surface area contributed by atoms with Crippen molar-refractivity contribution in [2.75, 3.05) is 12.8 Å². The SMILES string of the molecule is C/C(CCc1ccccc1)=N/NC(=O)c1nnn(-c2nonc2N)c1CN(C)C1CCCCC1. The first-order valence-electron chi connectivity index (χ1n) is 11.6. The fourth-order valence-electron chi connectivity index (χ4n) is 4.24. The van der Waals surface area contributed by atoms with Gasteiger partial charge in [-0.25, -0.2) is 10.1 Å². The number of aromatic nitrogens is 5. The monoisotopic (exact) mass is 465 g/mol. The largest absolute Gasteiger partial charge is 0.378 e. The molecule has 0 saturated heterocycles. The highest BCUT2D eigenvalue weighted by Crippen LogP contribution is 2.24. The van der Waals surface area contributed by atoms with Crippen LogP contribution in [0, 0.1) is 0 Å². The van der Waals surface area contributed by atoms with Crippen molar-refractivity contribution in [3.8, 4) is 5.82 Å². The lowest BCUT2D eigenvalue weighted by molar-refractivity contribution is 0.0946. The Morgan fingerprint density at radius 3 is 2.71 bits per heavy atom. The van der Waals surface area contributed by atoms with Gasteiger partial charge in [-0.3, -0.25) is 9.69 Å². The first-order valence-corrected chi connectivity index (χ1v) is 11.6. The molecule has 0 radical (unpaired) electrons. The minimum Gasteiger partial charge on any atom is -0.378 e. The van der Waals surface area contributed by atoms with Crippen molar-refractivity contribution >= 4 is 17.4 Å². The van der Waals surface area contributed by atoms with E-state index in [2.05, 4.69) is 48.2 Å². The van der Waals surface area contributed by atoms with Crippen LogP contribution >= 0.6 is 0 Å². The van der Waals surface area contributed by atoms with Crippen molar-refractivity contribution in [3.63, 3.8) is 0 Å². The van der Waals surface area contributed by atoms with Crippen molar-refractivity contribution in [2.24, 2.45) is 5.10 Å². The van der Waals surface area contributed by atoms with Crippen LogP contribution in [0.1, 0.15) is 67.2 Å². The van der Waals surface area contributed by atoms with Crippen LogP contribution in [0.3, 0.4) is 0 Å². The molecule has 1 aliphatic rings. The topological polar surface area (TPSA) is 140 Å². The highest BCUT2D eigenvalue weighted by molar-refractivity contribution is 5.94. The Morgan fingerprint density at radius 1 is 1.24 bits per heavy atom. The van der Waals surface area contributed by atoms with Gasteiger partial charge in [-0.15, -0.1) is 5.10 Å². The zero-order chi connectivity index (χ0) is 23.9. The Bertz CT molecular complexity index is 1120. The van der Waals surface area contributed by atoms with Crippen LogP contribution in [-0.2, 0) is 13.0 Å². The van der Waals surface area contributed by atoms with Gasteiger partial charge < -0.3 is 5.73 Å². The molecule has 0 spiro atoms. The molecule has 1 fully saturated rings. The molecule has 3 N–H and O–H groups in total. The van der Waals surface area contributed by atoms with E-state index in [1.54, 1.807) is 0 Å². The third-order valence-electron chi connectivity index (χ3n) is 6.24. The third kappa shape index (κ3) is 5.66. The van der Waals surface area contributed by atoms with E-state index in [4.69, 9.17) is 10.4 Å². The number of benzene rings is 1. The Balaban J connectivity index is 1.50. The Labute approximate surface area is 198 Å². The number of hydrogen-bond donors (Lipinski definition) is 2. The molecule has 0 bridgehead atoms. The number of carbonyl (C=O) groups is 1. The van der Waals surface area contributed by atoms with Crippen LogP contribution in [0.15, 0.2) is 40.1 Å². The second-order valence-electron chi connectivity index (χ2n) is 8.75. The first kappa shape index (κ1) is 23.6. The zero-order valence-electron chi connectivity index (χ0n) is 19.6. The number of rotatable bonds is 9. The van der Waals surface area contributed by atoms with Gasteiger partial charge in [0.15, 0.2) is 5.69 Å². The van der Waals surface area contributed by atoms with E-state index in [1.807, 2.05) is 32.2 Å². The van der Waals surface area contributed by atoms with Gasteiger partial charge in [-0.1, -0.05) is 54.8 Å². The molecular weight excluding hydrogens is 434 g/mol. The van der Waals surface area contributed by atoms with Gasteiger partial charge in [0.25, 0.3) is 5.91 Å². The number of nitrogen functional groups attached to an aromatic ring is 1. The molecule has 2 heterocycles. The summed E-state index contributed by atoms with van der Waals surface area (Å²) in [4.78, 5) is 15.3. The van der Waals surface area contributed by atoms with E-state index in [0.717, 1.165) is 31.4 Å². The van der Waals surface area contributed by atoms with Gasteiger partial charge in [0.05, 0.1) is 5.69 Å². The molecule has 180 valence electrons. The molecule has 2 aromatic heterocycles. The van der Waals surface area contributed by atoms with Gasteiger partial charge >= 0.3 is 0 Å². The quantitative estimate of drug-likeness (QED) is 0.363. The molecule has 1 aliphatic carbocycles. The van der Waals surface area contributed by atoms with Crippen LogP contribution in [0.5, 0.6) is 0 Å². The molecule has 4 rings (SSSR count). The summed E-state index contributed by atoms with van der Waals surface area (Å²) < 4.78 is 6.16. The van der Waals surface area contributed by atoms with E-state index in [9.17, 15) is 4.79 Å². The summed E-state index contributed by atoms with van der Waals surface area (Å²) in [5, 5.41) is 20.0.